The molecular weight excluding hydrogens is 404 g/mol. The van der Waals surface area contributed by atoms with E-state index in [-0.39, 0.29) is 5.41 Å². The maximum atomic E-state index is 6.03. The molecule has 1 fully saturated rings. The molecule has 5 nitrogen and oxygen atoms in total. The van der Waals surface area contributed by atoms with Crippen LogP contribution in [-0.4, -0.2) is 32.3 Å². The monoisotopic (exact) mass is 436 g/mol. The molecule has 4 rings (SSSR count). The Kier molecular flexibility index (Phi) is 6.58. The van der Waals surface area contributed by atoms with E-state index in [2.05, 4.69) is 54.5 Å². The van der Waals surface area contributed by atoms with Crippen molar-refractivity contribution in [1.82, 2.24) is 19.2 Å². The van der Waals surface area contributed by atoms with Gasteiger partial charge >= 0.3 is 0 Å². The summed E-state index contributed by atoms with van der Waals surface area (Å²) < 4.78 is 10.7. The largest absolute Gasteiger partial charge is 0.486 e. The summed E-state index contributed by atoms with van der Waals surface area (Å²) in [6.45, 7) is 9.97. The number of hydrogen-bond acceptors (Lipinski definition) is 4. The Labute approximate surface area is 190 Å². The molecule has 0 aliphatic carbocycles. The van der Waals surface area contributed by atoms with Gasteiger partial charge in [-0.3, -0.25) is 9.47 Å². The SMILES string of the molecule is CC(C)(C)c1ccc(-n2c(COc3ccccc3)nn(CN3CCCCC3)c2=S)cc1. The highest BCUT2D eigenvalue weighted by molar-refractivity contribution is 7.71. The van der Waals surface area contributed by atoms with Crippen molar-refractivity contribution in [1.29, 1.82) is 0 Å². The third-order valence-corrected chi connectivity index (χ3v) is 6.18. The first kappa shape index (κ1) is 21.8. The summed E-state index contributed by atoms with van der Waals surface area (Å²) in [5, 5.41) is 4.88. The molecular formula is C25H32N4OS. The van der Waals surface area contributed by atoms with Crippen LogP contribution in [0.1, 0.15) is 51.4 Å². The Hall–Kier alpha value is -2.44. The standard InChI is InChI=1S/C25H32N4OS/c1-25(2,3)20-12-14-21(15-13-20)29-23(18-30-22-10-6-4-7-11-22)26-28(24(29)31)19-27-16-8-5-9-17-27/h4,6-7,10-15H,5,8-9,16-19H2,1-3H3. The van der Waals surface area contributed by atoms with Crippen LogP contribution in [0.2, 0.25) is 0 Å². The van der Waals surface area contributed by atoms with Gasteiger partial charge in [-0.1, -0.05) is 57.5 Å². The zero-order valence-corrected chi connectivity index (χ0v) is 19.6. The van der Waals surface area contributed by atoms with Crippen LogP contribution in [0.3, 0.4) is 0 Å². The number of para-hydroxylation sites is 1. The fourth-order valence-electron chi connectivity index (χ4n) is 3.96. The molecule has 0 bridgehead atoms. The van der Waals surface area contributed by atoms with Gasteiger partial charge in [0.1, 0.15) is 12.4 Å². The van der Waals surface area contributed by atoms with Crippen molar-refractivity contribution in [3.05, 3.63) is 70.8 Å². The number of likely N-dealkylation sites (tertiary alicyclic amines) is 1. The molecule has 0 N–H and O–H groups in total. The average molecular weight is 437 g/mol. The minimum atomic E-state index is 0.109. The lowest BCUT2D eigenvalue weighted by Gasteiger charge is -2.25. The predicted molar refractivity (Wildman–Crippen MR) is 127 cm³/mol. The van der Waals surface area contributed by atoms with Crippen LogP contribution in [0.15, 0.2) is 54.6 Å². The van der Waals surface area contributed by atoms with Gasteiger partial charge in [0.15, 0.2) is 5.82 Å². The summed E-state index contributed by atoms with van der Waals surface area (Å²) in [5.74, 6) is 1.64. The van der Waals surface area contributed by atoms with Crippen molar-refractivity contribution in [3.63, 3.8) is 0 Å². The van der Waals surface area contributed by atoms with Crippen LogP contribution in [0.25, 0.3) is 5.69 Å². The van der Waals surface area contributed by atoms with Crippen molar-refractivity contribution in [2.45, 2.75) is 58.7 Å². The predicted octanol–water partition coefficient (Wildman–Crippen LogP) is 5.72. The van der Waals surface area contributed by atoms with E-state index in [4.69, 9.17) is 22.1 Å². The Morgan fingerprint density at radius 1 is 0.935 bits per heavy atom. The summed E-state index contributed by atoms with van der Waals surface area (Å²) in [6, 6.07) is 18.5. The molecule has 3 aromatic rings. The Bertz CT molecular complexity index is 1040. The molecule has 1 saturated heterocycles. The number of ether oxygens (including phenoxy) is 1. The second-order valence-corrected chi connectivity index (χ2v) is 9.62. The molecule has 0 unspecified atom stereocenters. The van der Waals surface area contributed by atoms with Gasteiger partial charge in [-0.2, -0.15) is 5.10 Å². The minimum Gasteiger partial charge on any atom is -0.486 e. The molecule has 0 saturated carbocycles. The second-order valence-electron chi connectivity index (χ2n) is 9.25. The maximum Gasteiger partial charge on any atom is 0.203 e. The van der Waals surface area contributed by atoms with E-state index in [1.54, 1.807) is 0 Å². The first-order valence-corrected chi connectivity index (χ1v) is 11.5. The summed E-state index contributed by atoms with van der Waals surface area (Å²) in [7, 11) is 0. The molecule has 164 valence electrons. The smallest absolute Gasteiger partial charge is 0.203 e. The zero-order valence-electron chi connectivity index (χ0n) is 18.8. The molecule has 0 radical (unpaired) electrons. The first-order chi connectivity index (χ1) is 14.9. The fourth-order valence-corrected chi connectivity index (χ4v) is 4.27. The Morgan fingerprint density at radius 3 is 2.26 bits per heavy atom. The van der Waals surface area contributed by atoms with Crippen molar-refractivity contribution in [3.8, 4) is 11.4 Å². The summed E-state index contributed by atoms with van der Waals surface area (Å²) in [4.78, 5) is 2.43. The van der Waals surface area contributed by atoms with E-state index in [0.29, 0.717) is 11.4 Å². The highest BCUT2D eigenvalue weighted by Gasteiger charge is 2.18. The van der Waals surface area contributed by atoms with Crippen LogP contribution >= 0.6 is 12.2 Å². The summed E-state index contributed by atoms with van der Waals surface area (Å²) in [5.41, 5.74) is 2.43. The molecule has 0 atom stereocenters. The van der Waals surface area contributed by atoms with Gasteiger partial charge in [-0.05, 0) is 73.4 Å². The Morgan fingerprint density at radius 2 is 1.61 bits per heavy atom. The first-order valence-electron chi connectivity index (χ1n) is 11.1. The second kappa shape index (κ2) is 9.37. The van der Waals surface area contributed by atoms with Crippen LogP contribution < -0.4 is 4.74 Å². The number of benzene rings is 2. The van der Waals surface area contributed by atoms with Gasteiger partial charge in [-0.25, -0.2) is 4.68 Å². The van der Waals surface area contributed by atoms with Crippen LogP contribution in [-0.2, 0) is 18.7 Å². The summed E-state index contributed by atoms with van der Waals surface area (Å²) in [6.07, 6.45) is 3.80. The lowest BCUT2D eigenvalue weighted by atomic mass is 9.87. The van der Waals surface area contributed by atoms with E-state index < -0.39 is 0 Å². The maximum absolute atomic E-state index is 6.03. The van der Waals surface area contributed by atoms with Crippen LogP contribution in [0.4, 0.5) is 0 Å². The molecule has 0 spiro atoms. The van der Waals surface area contributed by atoms with Gasteiger partial charge in [0.2, 0.25) is 4.77 Å². The normalized spacial score (nSPS) is 15.2. The van der Waals surface area contributed by atoms with E-state index in [1.165, 1.54) is 24.8 Å². The molecule has 0 amide bonds. The lowest BCUT2D eigenvalue weighted by molar-refractivity contribution is 0.171. The number of hydrogen-bond donors (Lipinski definition) is 0. The molecule has 1 aliphatic rings. The number of nitrogens with zero attached hydrogens (tertiary/aromatic N) is 4. The topological polar surface area (TPSA) is 35.2 Å². The van der Waals surface area contributed by atoms with Crippen molar-refractivity contribution in [2.75, 3.05) is 13.1 Å². The quantitative estimate of drug-likeness (QED) is 0.463. The van der Waals surface area contributed by atoms with Crippen molar-refractivity contribution < 1.29 is 4.74 Å². The number of aromatic nitrogens is 3. The molecule has 1 aliphatic heterocycles. The van der Waals surface area contributed by atoms with Gasteiger partial charge < -0.3 is 4.74 Å². The third-order valence-electron chi connectivity index (χ3n) is 5.79. The fraction of sp³-hybridized carbons (Fsp3) is 0.440. The van der Waals surface area contributed by atoms with E-state index >= 15 is 0 Å². The molecule has 1 aromatic heterocycles. The van der Waals surface area contributed by atoms with E-state index in [1.807, 2.05) is 35.0 Å². The number of rotatable bonds is 6. The minimum absolute atomic E-state index is 0.109. The van der Waals surface area contributed by atoms with Crippen LogP contribution in [0.5, 0.6) is 5.75 Å². The number of piperidine rings is 1. The van der Waals surface area contributed by atoms with Gasteiger partial charge in [0.05, 0.1) is 6.67 Å². The lowest BCUT2D eigenvalue weighted by Crippen LogP contribution is -2.32. The molecule has 6 heteroatoms. The highest BCUT2D eigenvalue weighted by atomic mass is 32.1. The van der Waals surface area contributed by atoms with Crippen molar-refractivity contribution in [2.24, 2.45) is 0 Å². The van der Waals surface area contributed by atoms with Gasteiger partial charge in [0.25, 0.3) is 0 Å². The third kappa shape index (κ3) is 5.25. The average Bonchev–Trinajstić information content (AvgIpc) is 3.08. The molecule has 31 heavy (non-hydrogen) atoms. The Balaban J connectivity index is 1.66. The zero-order chi connectivity index (χ0) is 21.8. The van der Waals surface area contributed by atoms with Gasteiger partial charge in [0, 0.05) is 5.69 Å². The summed E-state index contributed by atoms with van der Waals surface area (Å²) >= 11 is 5.88. The molecule has 2 heterocycles. The van der Waals surface area contributed by atoms with Crippen LogP contribution in [0, 0.1) is 4.77 Å². The molecule has 2 aromatic carbocycles. The van der Waals surface area contributed by atoms with E-state index in [9.17, 15) is 0 Å². The van der Waals surface area contributed by atoms with Crippen molar-refractivity contribution >= 4 is 12.2 Å². The van der Waals surface area contributed by atoms with E-state index in [0.717, 1.165) is 37.0 Å². The van der Waals surface area contributed by atoms with Gasteiger partial charge in [-0.15, -0.1) is 0 Å². The highest BCUT2D eigenvalue weighted by Crippen LogP contribution is 2.24.